The van der Waals surface area contributed by atoms with E-state index in [9.17, 15) is 19.2 Å². The number of hydrogen-bond acceptors (Lipinski definition) is 8. The number of hydrogen-bond donors (Lipinski definition) is 3. The molecule has 0 saturated carbocycles. The van der Waals surface area contributed by atoms with Crippen LogP contribution in [0.4, 0.5) is 0 Å². The van der Waals surface area contributed by atoms with E-state index in [1.807, 2.05) is 44.2 Å². The van der Waals surface area contributed by atoms with E-state index < -0.39 is 41.4 Å². The van der Waals surface area contributed by atoms with Gasteiger partial charge in [0.05, 0.1) is 12.6 Å². The van der Waals surface area contributed by atoms with Crippen LogP contribution in [0.1, 0.15) is 54.6 Å². The highest BCUT2D eigenvalue weighted by Gasteiger charge is 2.50. The molecule has 0 bridgehead atoms. The Kier molecular flexibility index (Phi) is 9.84. The van der Waals surface area contributed by atoms with Gasteiger partial charge in [-0.15, -0.1) is 0 Å². The van der Waals surface area contributed by atoms with Crippen LogP contribution in [0.3, 0.4) is 0 Å². The zero-order valence-corrected chi connectivity index (χ0v) is 24.3. The standard InChI is InChI=1S/C31H37N5O6/c1-19(2)14-23(27(37)31(4)18-41-31)33-28(38)24(16-21-8-6-5-7-9-21)34-29(39)25(17-22-10-12-32-13-11-22)35-30(40)26-15-20(3)42-36-26/h5-13,15,19,23-25H,14,16-18H2,1-4H3,(H,33,38)(H,34,39)(H,35,40)/t23-,24-,25-,31-/m0/s1. The molecule has 11 nitrogen and oxygen atoms in total. The first kappa shape index (κ1) is 30.6. The third-order valence-corrected chi connectivity index (χ3v) is 7.03. The second-order valence-electron chi connectivity index (χ2n) is 11.2. The molecule has 0 radical (unpaired) electrons. The number of amides is 3. The predicted molar refractivity (Wildman–Crippen MR) is 153 cm³/mol. The molecule has 1 saturated heterocycles. The molecule has 3 aromatic rings. The highest BCUT2D eigenvalue weighted by atomic mass is 16.6. The van der Waals surface area contributed by atoms with Crippen LogP contribution in [0.25, 0.3) is 0 Å². The quantitative estimate of drug-likeness (QED) is 0.247. The summed E-state index contributed by atoms with van der Waals surface area (Å²) in [6.07, 6.45) is 3.92. The van der Waals surface area contributed by atoms with Gasteiger partial charge in [-0.1, -0.05) is 49.3 Å². The number of nitrogens with zero attached hydrogens (tertiary/aromatic N) is 2. The molecule has 3 heterocycles. The molecule has 1 fully saturated rings. The smallest absolute Gasteiger partial charge is 0.274 e. The lowest BCUT2D eigenvalue weighted by Crippen LogP contribution is -2.57. The first-order valence-corrected chi connectivity index (χ1v) is 14.0. The fourth-order valence-electron chi connectivity index (χ4n) is 4.60. The van der Waals surface area contributed by atoms with E-state index in [2.05, 4.69) is 26.1 Å². The van der Waals surface area contributed by atoms with Gasteiger partial charge in [-0.2, -0.15) is 0 Å². The molecule has 4 rings (SSSR count). The average molecular weight is 576 g/mol. The Morgan fingerprint density at radius 2 is 1.45 bits per heavy atom. The van der Waals surface area contributed by atoms with Crippen LogP contribution >= 0.6 is 0 Å². The normalized spacial score (nSPS) is 18.0. The Balaban J connectivity index is 1.56. The second-order valence-corrected chi connectivity index (χ2v) is 11.2. The maximum atomic E-state index is 13.7. The monoisotopic (exact) mass is 575 g/mol. The predicted octanol–water partition coefficient (Wildman–Crippen LogP) is 2.34. The fourth-order valence-corrected chi connectivity index (χ4v) is 4.60. The van der Waals surface area contributed by atoms with Crippen LogP contribution in [-0.4, -0.2) is 64.0 Å². The van der Waals surface area contributed by atoms with Crippen molar-refractivity contribution in [2.75, 3.05) is 6.61 Å². The van der Waals surface area contributed by atoms with Crippen LogP contribution in [0.2, 0.25) is 0 Å². The molecule has 1 aliphatic heterocycles. The summed E-state index contributed by atoms with van der Waals surface area (Å²) in [7, 11) is 0. The van der Waals surface area contributed by atoms with Crippen molar-refractivity contribution in [1.29, 1.82) is 0 Å². The maximum Gasteiger partial charge on any atom is 0.274 e. The van der Waals surface area contributed by atoms with Crippen molar-refractivity contribution >= 4 is 23.5 Å². The summed E-state index contributed by atoms with van der Waals surface area (Å²) < 4.78 is 10.4. The van der Waals surface area contributed by atoms with Crippen molar-refractivity contribution < 1.29 is 28.4 Å². The van der Waals surface area contributed by atoms with Gasteiger partial charge in [-0.25, -0.2) is 0 Å². The van der Waals surface area contributed by atoms with Crippen LogP contribution in [0, 0.1) is 12.8 Å². The first-order valence-electron chi connectivity index (χ1n) is 14.0. The number of Topliss-reactive ketones (excluding diaryl/α,β-unsaturated/α-hetero) is 1. The zero-order chi connectivity index (χ0) is 30.3. The summed E-state index contributed by atoms with van der Waals surface area (Å²) >= 11 is 0. The number of aryl methyl sites for hydroxylation is 1. The van der Waals surface area contributed by atoms with Crippen molar-refractivity contribution in [1.82, 2.24) is 26.1 Å². The topological polar surface area (TPSA) is 156 Å². The van der Waals surface area contributed by atoms with Gasteiger partial charge >= 0.3 is 0 Å². The zero-order valence-electron chi connectivity index (χ0n) is 24.3. The van der Waals surface area contributed by atoms with Gasteiger partial charge in [0.2, 0.25) is 11.8 Å². The Labute approximate surface area is 244 Å². The molecule has 222 valence electrons. The van der Waals surface area contributed by atoms with Crippen LogP contribution < -0.4 is 16.0 Å². The van der Waals surface area contributed by atoms with Crippen molar-refractivity contribution in [3.05, 3.63) is 83.5 Å². The molecule has 1 aliphatic rings. The summed E-state index contributed by atoms with van der Waals surface area (Å²) in [5, 5.41) is 12.2. The molecule has 3 amide bonds. The SMILES string of the molecule is Cc1cc(C(=O)N[C@@H](Cc2ccncc2)C(=O)N[C@@H](Cc2ccccc2)C(=O)N[C@@H](CC(C)C)C(=O)[C@]2(C)CO2)no1. The number of rotatable bonds is 14. The van der Waals surface area contributed by atoms with E-state index in [0.717, 1.165) is 11.1 Å². The number of ether oxygens (including phenoxy) is 1. The number of pyridine rings is 1. The Morgan fingerprint density at radius 1 is 0.881 bits per heavy atom. The lowest BCUT2D eigenvalue weighted by Gasteiger charge is -2.26. The minimum Gasteiger partial charge on any atom is -0.361 e. The van der Waals surface area contributed by atoms with Crippen molar-refractivity contribution in [2.24, 2.45) is 5.92 Å². The van der Waals surface area contributed by atoms with Gasteiger partial charge in [0.1, 0.15) is 23.4 Å². The summed E-state index contributed by atoms with van der Waals surface area (Å²) in [6, 6.07) is 11.3. The molecule has 11 heteroatoms. The molecule has 0 unspecified atom stereocenters. The van der Waals surface area contributed by atoms with Gasteiger partial charge < -0.3 is 25.2 Å². The van der Waals surface area contributed by atoms with E-state index in [-0.39, 0.29) is 30.2 Å². The third kappa shape index (κ3) is 8.32. The van der Waals surface area contributed by atoms with Gasteiger partial charge in [-0.05, 0) is 49.4 Å². The summed E-state index contributed by atoms with van der Waals surface area (Å²) in [5.74, 6) is -1.28. The van der Waals surface area contributed by atoms with Gasteiger partial charge in [0.25, 0.3) is 5.91 Å². The number of carbonyl (C=O) groups is 4. The molecule has 4 atom stereocenters. The highest BCUT2D eigenvalue weighted by Crippen LogP contribution is 2.29. The summed E-state index contributed by atoms with van der Waals surface area (Å²) in [6.45, 7) is 7.61. The van der Waals surface area contributed by atoms with Crippen molar-refractivity contribution in [3.63, 3.8) is 0 Å². The van der Waals surface area contributed by atoms with E-state index in [4.69, 9.17) is 9.26 Å². The van der Waals surface area contributed by atoms with E-state index in [1.165, 1.54) is 6.07 Å². The molecule has 3 N–H and O–H groups in total. The molecule has 2 aromatic heterocycles. The number of nitrogens with one attached hydrogen (secondary N) is 3. The fraction of sp³-hybridized carbons (Fsp3) is 0.419. The number of carbonyl (C=O) groups excluding carboxylic acids is 4. The van der Waals surface area contributed by atoms with Gasteiger partial charge in [0.15, 0.2) is 11.5 Å². The molecular weight excluding hydrogens is 538 g/mol. The maximum absolute atomic E-state index is 13.7. The van der Waals surface area contributed by atoms with Crippen LogP contribution in [0.5, 0.6) is 0 Å². The molecule has 42 heavy (non-hydrogen) atoms. The molecular formula is C31H37N5O6. The van der Waals surface area contributed by atoms with E-state index in [1.54, 1.807) is 38.4 Å². The highest BCUT2D eigenvalue weighted by molar-refractivity contribution is 5.99. The lowest BCUT2D eigenvalue weighted by molar-refractivity contribution is -0.133. The van der Waals surface area contributed by atoms with Crippen LogP contribution in [-0.2, 0) is 32.0 Å². The average Bonchev–Trinajstić information content (AvgIpc) is 3.57. The Morgan fingerprint density at radius 3 is 2.00 bits per heavy atom. The van der Waals surface area contributed by atoms with Crippen molar-refractivity contribution in [2.45, 2.75) is 70.7 Å². The minimum atomic E-state index is -1.05. The van der Waals surface area contributed by atoms with Gasteiger partial charge in [0, 0.05) is 31.3 Å². The van der Waals surface area contributed by atoms with Crippen molar-refractivity contribution in [3.8, 4) is 0 Å². The number of benzene rings is 1. The number of ketones is 1. The Hall–Kier alpha value is -4.38. The second kappa shape index (κ2) is 13.5. The van der Waals surface area contributed by atoms with Gasteiger partial charge in [-0.3, -0.25) is 24.2 Å². The third-order valence-electron chi connectivity index (χ3n) is 7.03. The minimum absolute atomic E-state index is 0.0319. The van der Waals surface area contributed by atoms with E-state index >= 15 is 0 Å². The van der Waals surface area contributed by atoms with Crippen LogP contribution in [0.15, 0.2) is 65.4 Å². The number of epoxide rings is 1. The number of aromatic nitrogens is 2. The molecule has 1 aromatic carbocycles. The Bertz CT molecular complexity index is 1390. The molecule has 0 aliphatic carbocycles. The summed E-state index contributed by atoms with van der Waals surface area (Å²) in [4.78, 5) is 57.6. The summed E-state index contributed by atoms with van der Waals surface area (Å²) in [5.41, 5.74) is 0.690. The largest absolute Gasteiger partial charge is 0.361 e. The lowest BCUT2D eigenvalue weighted by atomic mass is 9.93. The van der Waals surface area contributed by atoms with E-state index in [0.29, 0.717) is 18.8 Å². The molecule has 0 spiro atoms. The first-order chi connectivity index (χ1) is 20.0.